The molecule has 1 N–H and O–H groups in total. The van der Waals surface area contributed by atoms with Gasteiger partial charge >= 0.3 is 6.18 Å². The van der Waals surface area contributed by atoms with E-state index in [4.69, 9.17) is 0 Å². The summed E-state index contributed by atoms with van der Waals surface area (Å²) in [5, 5.41) is 6.87. The minimum atomic E-state index is -4.48. The number of Topliss-reactive ketones (excluding diaryl/α,β-unsaturated/α-hetero) is 1. The molecule has 1 aromatic heterocycles. The molecular weight excluding hydrogens is 371 g/mol. The third kappa shape index (κ3) is 4.10. The number of carbonyl (C=O) groups excluding carboxylic acids is 2. The maximum absolute atomic E-state index is 13.0. The van der Waals surface area contributed by atoms with Crippen molar-refractivity contribution in [2.45, 2.75) is 45.7 Å². The molecule has 0 atom stereocenters. The number of amides is 1. The number of carbonyl (C=O) groups is 2. The van der Waals surface area contributed by atoms with E-state index in [1.807, 2.05) is 0 Å². The molecule has 1 heterocycles. The summed E-state index contributed by atoms with van der Waals surface area (Å²) in [5.41, 5.74) is 0.135. The standard InChI is InChI=1S/C20H22F3N3O2/c1-12-17(18(27)19(28)24-11-14-6-3-4-7-14)13(2)26(25-12)16-9-5-8-15(10-16)20(21,22)23/h5,8-10,14H,3-4,6-7,11H2,1-2H3,(H,24,28). The van der Waals surface area contributed by atoms with E-state index in [-0.39, 0.29) is 11.3 Å². The smallest absolute Gasteiger partial charge is 0.349 e. The molecule has 0 aliphatic heterocycles. The van der Waals surface area contributed by atoms with Crippen molar-refractivity contribution in [1.29, 1.82) is 0 Å². The molecule has 28 heavy (non-hydrogen) atoms. The Labute approximate surface area is 160 Å². The fourth-order valence-electron chi connectivity index (χ4n) is 3.68. The van der Waals surface area contributed by atoms with Gasteiger partial charge in [-0.2, -0.15) is 18.3 Å². The van der Waals surface area contributed by atoms with E-state index in [0.29, 0.717) is 23.9 Å². The number of benzene rings is 1. The monoisotopic (exact) mass is 393 g/mol. The van der Waals surface area contributed by atoms with Crippen molar-refractivity contribution in [3.63, 3.8) is 0 Å². The summed E-state index contributed by atoms with van der Waals surface area (Å²) in [6, 6.07) is 4.69. The van der Waals surface area contributed by atoms with Crippen molar-refractivity contribution in [2.75, 3.05) is 6.54 Å². The molecule has 2 aromatic rings. The van der Waals surface area contributed by atoms with Gasteiger partial charge in [0.25, 0.3) is 11.7 Å². The molecule has 0 saturated heterocycles. The average Bonchev–Trinajstić information content (AvgIpc) is 3.26. The van der Waals surface area contributed by atoms with Crippen molar-refractivity contribution in [3.05, 3.63) is 46.8 Å². The van der Waals surface area contributed by atoms with Crippen LogP contribution in [0.3, 0.4) is 0 Å². The van der Waals surface area contributed by atoms with Gasteiger partial charge in [-0.3, -0.25) is 9.59 Å². The fraction of sp³-hybridized carbons (Fsp3) is 0.450. The lowest BCUT2D eigenvalue weighted by Gasteiger charge is -2.11. The van der Waals surface area contributed by atoms with Gasteiger partial charge in [0.1, 0.15) is 0 Å². The van der Waals surface area contributed by atoms with Gasteiger partial charge < -0.3 is 5.32 Å². The Morgan fingerprint density at radius 3 is 2.54 bits per heavy atom. The topological polar surface area (TPSA) is 64.0 Å². The molecule has 1 saturated carbocycles. The maximum Gasteiger partial charge on any atom is 0.416 e. The Hall–Kier alpha value is -2.64. The first-order valence-corrected chi connectivity index (χ1v) is 9.25. The zero-order valence-electron chi connectivity index (χ0n) is 15.8. The van der Waals surface area contributed by atoms with E-state index in [2.05, 4.69) is 10.4 Å². The van der Waals surface area contributed by atoms with Crippen molar-refractivity contribution >= 4 is 11.7 Å². The molecule has 1 aromatic carbocycles. The number of aromatic nitrogens is 2. The molecule has 0 spiro atoms. The van der Waals surface area contributed by atoms with Crippen LogP contribution in [-0.4, -0.2) is 28.0 Å². The molecule has 150 valence electrons. The largest absolute Gasteiger partial charge is 0.416 e. The summed E-state index contributed by atoms with van der Waals surface area (Å²) in [7, 11) is 0. The first-order chi connectivity index (χ1) is 13.2. The van der Waals surface area contributed by atoms with Gasteiger partial charge in [0.2, 0.25) is 0 Å². The highest BCUT2D eigenvalue weighted by molar-refractivity contribution is 6.43. The van der Waals surface area contributed by atoms with Gasteiger partial charge in [0.15, 0.2) is 0 Å². The van der Waals surface area contributed by atoms with Gasteiger partial charge in [-0.1, -0.05) is 18.9 Å². The summed E-state index contributed by atoms with van der Waals surface area (Å²) < 4.78 is 40.2. The summed E-state index contributed by atoms with van der Waals surface area (Å²) in [6.45, 7) is 3.59. The molecule has 5 nitrogen and oxygen atoms in total. The second kappa shape index (κ2) is 7.77. The number of nitrogens with zero attached hydrogens (tertiary/aromatic N) is 2. The number of hydrogen-bond donors (Lipinski definition) is 1. The van der Waals surface area contributed by atoms with Crippen LogP contribution in [0.2, 0.25) is 0 Å². The Morgan fingerprint density at radius 2 is 1.89 bits per heavy atom. The Balaban J connectivity index is 1.83. The van der Waals surface area contributed by atoms with Crippen molar-refractivity contribution in [1.82, 2.24) is 15.1 Å². The van der Waals surface area contributed by atoms with Crippen LogP contribution in [0.1, 0.15) is 53.0 Å². The number of rotatable bonds is 5. The minimum Gasteiger partial charge on any atom is -0.349 e. The lowest BCUT2D eigenvalue weighted by Crippen LogP contribution is -2.34. The highest BCUT2D eigenvalue weighted by atomic mass is 19.4. The number of hydrogen-bond acceptors (Lipinski definition) is 3. The molecule has 0 bridgehead atoms. The van der Waals surface area contributed by atoms with Gasteiger partial charge in [-0.05, 0) is 50.8 Å². The van der Waals surface area contributed by atoms with Gasteiger partial charge in [0.05, 0.1) is 28.2 Å². The molecule has 8 heteroatoms. The van der Waals surface area contributed by atoms with Crippen LogP contribution in [0.4, 0.5) is 13.2 Å². The van der Waals surface area contributed by atoms with E-state index < -0.39 is 23.4 Å². The second-order valence-electron chi connectivity index (χ2n) is 7.20. The van der Waals surface area contributed by atoms with E-state index >= 15 is 0 Å². The summed E-state index contributed by atoms with van der Waals surface area (Å²) in [4.78, 5) is 24.9. The molecule has 1 amide bonds. The fourth-order valence-corrected chi connectivity index (χ4v) is 3.68. The predicted molar refractivity (Wildman–Crippen MR) is 97.3 cm³/mol. The number of nitrogens with one attached hydrogen (secondary N) is 1. The molecule has 0 unspecified atom stereocenters. The number of aryl methyl sites for hydroxylation is 1. The molecule has 0 radical (unpaired) electrons. The first-order valence-electron chi connectivity index (χ1n) is 9.25. The van der Waals surface area contributed by atoms with Crippen molar-refractivity contribution in [3.8, 4) is 5.69 Å². The molecule has 1 aliphatic carbocycles. The average molecular weight is 393 g/mol. The number of ketones is 1. The van der Waals surface area contributed by atoms with E-state index in [0.717, 1.165) is 37.8 Å². The SMILES string of the molecule is Cc1nn(-c2cccc(C(F)(F)F)c2)c(C)c1C(=O)C(=O)NCC1CCCC1. The van der Waals surface area contributed by atoms with Crippen LogP contribution in [0, 0.1) is 19.8 Å². The molecular formula is C20H22F3N3O2. The summed E-state index contributed by atoms with van der Waals surface area (Å²) in [6.07, 6.45) is -0.127. The number of halogens is 3. The van der Waals surface area contributed by atoms with Crippen LogP contribution >= 0.6 is 0 Å². The van der Waals surface area contributed by atoms with Crippen molar-refractivity contribution < 1.29 is 22.8 Å². The quantitative estimate of drug-likeness (QED) is 0.617. The van der Waals surface area contributed by atoms with Gasteiger partial charge in [-0.25, -0.2) is 4.68 Å². The maximum atomic E-state index is 13.0. The number of alkyl halides is 3. The van der Waals surface area contributed by atoms with E-state index in [1.54, 1.807) is 13.8 Å². The lowest BCUT2D eigenvalue weighted by atomic mass is 10.1. The zero-order valence-corrected chi connectivity index (χ0v) is 15.8. The summed E-state index contributed by atoms with van der Waals surface area (Å²) >= 11 is 0. The molecule has 1 aliphatic rings. The first kappa shape index (κ1) is 20.1. The van der Waals surface area contributed by atoms with Crippen LogP contribution < -0.4 is 5.32 Å². The van der Waals surface area contributed by atoms with Crippen LogP contribution in [0.25, 0.3) is 5.69 Å². The highest BCUT2D eigenvalue weighted by Gasteiger charge is 2.31. The lowest BCUT2D eigenvalue weighted by molar-refractivity contribution is -0.137. The second-order valence-corrected chi connectivity index (χ2v) is 7.20. The van der Waals surface area contributed by atoms with Crippen molar-refractivity contribution in [2.24, 2.45) is 5.92 Å². The van der Waals surface area contributed by atoms with E-state index in [9.17, 15) is 22.8 Å². The Kier molecular flexibility index (Phi) is 5.58. The van der Waals surface area contributed by atoms with Crippen LogP contribution in [0.15, 0.2) is 24.3 Å². The zero-order chi connectivity index (χ0) is 20.5. The Morgan fingerprint density at radius 1 is 1.21 bits per heavy atom. The highest BCUT2D eigenvalue weighted by Crippen LogP contribution is 2.31. The summed E-state index contributed by atoms with van der Waals surface area (Å²) in [5.74, 6) is -1.03. The normalized spacial score (nSPS) is 15.0. The van der Waals surface area contributed by atoms with Crippen LogP contribution in [0.5, 0.6) is 0 Å². The van der Waals surface area contributed by atoms with Crippen LogP contribution in [-0.2, 0) is 11.0 Å². The van der Waals surface area contributed by atoms with Gasteiger partial charge in [0, 0.05) is 6.54 Å². The van der Waals surface area contributed by atoms with E-state index in [1.165, 1.54) is 16.8 Å². The Bertz CT molecular complexity index is 897. The minimum absolute atomic E-state index is 0.126. The predicted octanol–water partition coefficient (Wildman–Crippen LogP) is 4.00. The molecule has 1 fully saturated rings. The van der Waals surface area contributed by atoms with Gasteiger partial charge in [-0.15, -0.1) is 0 Å². The third-order valence-corrected chi connectivity index (χ3v) is 5.17. The molecule has 3 rings (SSSR count). The third-order valence-electron chi connectivity index (χ3n) is 5.17.